The molecule has 35 heavy (non-hydrogen) atoms. The fraction of sp³-hybridized carbons (Fsp3) is 0.318. The largest absolute Gasteiger partial charge is 0.364 e. The smallest absolute Gasteiger partial charge is 0.330 e. The third kappa shape index (κ3) is 3.30. The Balaban J connectivity index is 1.64. The highest BCUT2D eigenvalue weighted by Crippen LogP contribution is 2.46. The van der Waals surface area contributed by atoms with E-state index in [2.05, 4.69) is 5.32 Å². The Bertz CT molecular complexity index is 1380. The molecule has 1 N–H and O–H groups in total. The summed E-state index contributed by atoms with van der Waals surface area (Å²) in [6, 6.07) is 10.2. The number of carbonyl (C=O) groups excluding carboxylic acids is 3. The van der Waals surface area contributed by atoms with Crippen LogP contribution in [-0.2, 0) is 26.0 Å². The lowest BCUT2D eigenvalue weighted by Gasteiger charge is -2.54. The molecule has 0 bridgehead atoms. The molecule has 0 aliphatic carbocycles. The molecular formula is C22H21N5O7S. The van der Waals surface area contributed by atoms with E-state index in [1.807, 2.05) is 0 Å². The van der Waals surface area contributed by atoms with Crippen molar-refractivity contribution in [1.82, 2.24) is 14.5 Å². The molecule has 3 aliphatic heterocycles. The molecule has 3 aliphatic rings. The molecular weight excluding hydrogens is 478 g/mol. The van der Waals surface area contributed by atoms with Crippen LogP contribution in [0.25, 0.3) is 0 Å². The molecule has 3 heterocycles. The summed E-state index contributed by atoms with van der Waals surface area (Å²) in [6.07, 6.45) is -0.216. The minimum atomic E-state index is -3.93. The van der Waals surface area contributed by atoms with Gasteiger partial charge < -0.3 is 4.90 Å². The molecule has 0 radical (unpaired) electrons. The number of piperazine rings is 1. The van der Waals surface area contributed by atoms with Crippen LogP contribution in [0.2, 0.25) is 0 Å². The monoisotopic (exact) mass is 499 g/mol. The Morgan fingerprint density at radius 2 is 1.80 bits per heavy atom. The molecule has 0 saturated carbocycles. The quantitative estimate of drug-likeness (QED) is 0.369. The third-order valence-corrected chi connectivity index (χ3v) is 8.84. The number of carbonyl (C=O) groups is 3. The van der Waals surface area contributed by atoms with Crippen molar-refractivity contribution in [2.45, 2.75) is 17.4 Å². The SMILES string of the molecule is CN1C(=O)NC(=O)[C@]2(Cc3cc([N+](=O)[O-])ccc3N3CCN(S(=O)(=O)c4ccccc4)C[C@@H]32)C1=O. The number of nitrogens with one attached hydrogen (secondary N) is 1. The van der Waals surface area contributed by atoms with Crippen LogP contribution in [-0.4, -0.2) is 73.1 Å². The van der Waals surface area contributed by atoms with Gasteiger partial charge in [0.15, 0.2) is 5.41 Å². The molecule has 0 unspecified atom stereocenters. The zero-order valence-electron chi connectivity index (χ0n) is 18.6. The average molecular weight is 500 g/mol. The van der Waals surface area contributed by atoms with Crippen LogP contribution in [0.4, 0.5) is 16.2 Å². The minimum Gasteiger partial charge on any atom is -0.364 e. The maximum absolute atomic E-state index is 13.5. The first-order chi connectivity index (χ1) is 16.6. The molecule has 4 amide bonds. The van der Waals surface area contributed by atoms with Gasteiger partial charge in [-0.1, -0.05) is 18.2 Å². The molecule has 2 aromatic carbocycles. The van der Waals surface area contributed by atoms with E-state index in [4.69, 9.17) is 0 Å². The first kappa shape index (κ1) is 22.9. The third-order valence-electron chi connectivity index (χ3n) is 6.96. The first-order valence-corrected chi connectivity index (χ1v) is 12.2. The second-order valence-electron chi connectivity index (χ2n) is 8.73. The summed E-state index contributed by atoms with van der Waals surface area (Å²) in [7, 11) is -2.69. The molecule has 1 spiro atoms. The molecule has 12 nitrogen and oxygen atoms in total. The topological polar surface area (TPSA) is 150 Å². The van der Waals surface area contributed by atoms with Gasteiger partial charge >= 0.3 is 6.03 Å². The predicted octanol–water partition coefficient (Wildman–Crippen LogP) is 0.725. The predicted molar refractivity (Wildman–Crippen MR) is 122 cm³/mol. The Labute approximate surface area is 200 Å². The number of amides is 4. The molecule has 13 heteroatoms. The highest BCUT2D eigenvalue weighted by Gasteiger charge is 2.63. The van der Waals surface area contributed by atoms with Crippen LogP contribution < -0.4 is 10.2 Å². The number of hydrogen-bond acceptors (Lipinski definition) is 8. The summed E-state index contributed by atoms with van der Waals surface area (Å²) >= 11 is 0. The van der Waals surface area contributed by atoms with Gasteiger partial charge in [-0.15, -0.1) is 0 Å². The van der Waals surface area contributed by atoms with E-state index < -0.39 is 44.2 Å². The fourth-order valence-electron chi connectivity index (χ4n) is 5.18. The van der Waals surface area contributed by atoms with Gasteiger partial charge in [-0.05, 0) is 23.8 Å². The van der Waals surface area contributed by atoms with Crippen LogP contribution in [0.5, 0.6) is 0 Å². The maximum atomic E-state index is 13.5. The fourth-order valence-corrected chi connectivity index (χ4v) is 6.64. The average Bonchev–Trinajstić information content (AvgIpc) is 2.86. The molecule has 2 aromatic rings. The number of nitro groups is 1. The Kier molecular flexibility index (Phi) is 5.14. The number of barbiturate groups is 1. The van der Waals surface area contributed by atoms with Crippen molar-refractivity contribution >= 4 is 39.2 Å². The van der Waals surface area contributed by atoms with Crippen molar-refractivity contribution in [1.29, 1.82) is 0 Å². The van der Waals surface area contributed by atoms with Gasteiger partial charge in [0.1, 0.15) is 0 Å². The summed E-state index contributed by atoms with van der Waals surface area (Å²) in [5, 5.41) is 13.6. The Hall–Kier alpha value is -3.84. The van der Waals surface area contributed by atoms with Gasteiger partial charge in [0.05, 0.1) is 15.9 Å². The number of benzene rings is 2. The van der Waals surface area contributed by atoms with Crippen molar-refractivity contribution < 1.29 is 27.7 Å². The van der Waals surface area contributed by atoms with E-state index in [-0.39, 0.29) is 36.6 Å². The van der Waals surface area contributed by atoms with E-state index in [9.17, 15) is 32.9 Å². The van der Waals surface area contributed by atoms with Crippen LogP contribution in [0.3, 0.4) is 0 Å². The second kappa shape index (κ2) is 7.85. The van der Waals surface area contributed by atoms with E-state index >= 15 is 0 Å². The van der Waals surface area contributed by atoms with Gasteiger partial charge in [-0.2, -0.15) is 4.31 Å². The van der Waals surface area contributed by atoms with E-state index in [1.165, 1.54) is 35.6 Å². The summed E-state index contributed by atoms with van der Waals surface area (Å²) in [4.78, 5) is 52.5. The zero-order valence-corrected chi connectivity index (χ0v) is 19.4. The standard InChI is InChI=1S/C22H21N5O7S/c1-24-20(29)22(19(28)23-21(24)30)12-14-11-15(27(31)32)7-8-17(14)26-10-9-25(13-18(22)26)35(33,34)16-5-3-2-4-6-16/h2-8,11,18H,9-10,12-13H2,1H3,(H,23,28,30)/t18-,22-/m1/s1. The van der Waals surface area contributed by atoms with E-state index in [0.29, 0.717) is 11.3 Å². The number of sulfonamides is 1. The number of urea groups is 1. The van der Waals surface area contributed by atoms with Crippen LogP contribution >= 0.6 is 0 Å². The van der Waals surface area contributed by atoms with Crippen molar-refractivity contribution in [2.24, 2.45) is 5.41 Å². The zero-order chi connectivity index (χ0) is 25.1. The lowest BCUT2D eigenvalue weighted by molar-refractivity contribution is -0.384. The number of anilines is 1. The molecule has 2 saturated heterocycles. The second-order valence-corrected chi connectivity index (χ2v) is 10.7. The summed E-state index contributed by atoms with van der Waals surface area (Å²) in [5.74, 6) is -1.63. The molecule has 182 valence electrons. The van der Waals surface area contributed by atoms with Crippen LogP contribution in [0, 0.1) is 15.5 Å². The number of nitrogens with zero attached hydrogens (tertiary/aromatic N) is 4. The number of hydrogen-bond donors (Lipinski definition) is 1. The van der Waals surface area contributed by atoms with E-state index in [1.54, 1.807) is 29.2 Å². The number of rotatable bonds is 3. The van der Waals surface area contributed by atoms with Crippen molar-refractivity contribution in [2.75, 3.05) is 31.6 Å². The minimum absolute atomic E-state index is 0.0742. The molecule has 0 aromatic heterocycles. The summed E-state index contributed by atoms with van der Waals surface area (Å²) in [6.45, 7) is 0.0289. The normalized spacial score (nSPS) is 24.7. The number of fused-ring (bicyclic) bond motifs is 4. The Morgan fingerprint density at radius 1 is 1.09 bits per heavy atom. The number of imide groups is 2. The first-order valence-electron chi connectivity index (χ1n) is 10.8. The highest BCUT2D eigenvalue weighted by molar-refractivity contribution is 7.89. The van der Waals surface area contributed by atoms with Crippen LogP contribution in [0.1, 0.15) is 5.56 Å². The van der Waals surface area contributed by atoms with Gasteiger partial charge in [-0.25, -0.2) is 13.2 Å². The van der Waals surface area contributed by atoms with Gasteiger partial charge in [-0.3, -0.25) is 29.9 Å². The number of non-ortho nitro benzene ring substituents is 1. The molecule has 2 atom stereocenters. The molecule has 5 rings (SSSR count). The van der Waals surface area contributed by atoms with Gasteiger partial charge in [0, 0.05) is 50.9 Å². The van der Waals surface area contributed by atoms with E-state index in [0.717, 1.165) is 4.90 Å². The maximum Gasteiger partial charge on any atom is 0.330 e. The van der Waals surface area contributed by atoms with Gasteiger partial charge in [0.2, 0.25) is 21.8 Å². The molecule has 2 fully saturated rings. The lowest BCUT2D eigenvalue weighted by atomic mass is 9.68. The highest BCUT2D eigenvalue weighted by atomic mass is 32.2. The summed E-state index contributed by atoms with van der Waals surface area (Å²) in [5.41, 5.74) is -1.06. The van der Waals surface area contributed by atoms with Crippen molar-refractivity contribution in [3.8, 4) is 0 Å². The van der Waals surface area contributed by atoms with Gasteiger partial charge in [0.25, 0.3) is 5.69 Å². The van der Waals surface area contributed by atoms with Crippen molar-refractivity contribution in [3.63, 3.8) is 0 Å². The summed E-state index contributed by atoms with van der Waals surface area (Å²) < 4.78 is 28.0. The van der Waals surface area contributed by atoms with Crippen molar-refractivity contribution in [3.05, 3.63) is 64.2 Å². The van der Waals surface area contributed by atoms with Crippen LogP contribution in [0.15, 0.2) is 53.4 Å². The Morgan fingerprint density at radius 3 is 2.49 bits per heavy atom. The lowest BCUT2D eigenvalue weighted by Crippen LogP contribution is -2.74. The number of nitro benzene ring substituents is 1.